The lowest BCUT2D eigenvalue weighted by Crippen LogP contribution is -2.07. The molecule has 0 fully saturated rings. The van der Waals surface area contributed by atoms with Crippen LogP contribution in [0.15, 0.2) is 0 Å². The van der Waals surface area contributed by atoms with E-state index in [-0.39, 0.29) is 19.3 Å². The predicted molar refractivity (Wildman–Crippen MR) is 48.0 cm³/mol. The highest BCUT2D eigenvalue weighted by Crippen LogP contribution is 2.24. The molecule has 0 aromatic heterocycles. The Labute approximate surface area is 89.1 Å². The summed E-state index contributed by atoms with van der Waals surface area (Å²) >= 11 is 0. The number of hydrogen-bond donors (Lipinski definition) is 0. The first-order valence-electron chi connectivity index (χ1n) is 4.44. The predicted octanol–water partition coefficient (Wildman–Crippen LogP) is 3.34. The fraction of sp³-hybridized carbons (Fsp3) is 0.273. The molecule has 0 bridgehead atoms. The standard InChI is InChI=1S/C11H7F5/c1-2-3-4-5-6-7(12)9(14)11(16)10(15)8(6)13/h1H,3-5H2. The van der Waals surface area contributed by atoms with Crippen LogP contribution in [0, 0.1) is 41.4 Å². The van der Waals surface area contributed by atoms with Gasteiger partial charge in [-0.1, -0.05) is 0 Å². The van der Waals surface area contributed by atoms with Crippen molar-refractivity contribution in [2.45, 2.75) is 19.3 Å². The van der Waals surface area contributed by atoms with Crippen molar-refractivity contribution < 1.29 is 22.0 Å². The van der Waals surface area contributed by atoms with E-state index in [9.17, 15) is 22.0 Å². The molecule has 0 aliphatic carbocycles. The molecule has 86 valence electrons. The van der Waals surface area contributed by atoms with E-state index in [0.717, 1.165) is 0 Å². The van der Waals surface area contributed by atoms with Crippen molar-refractivity contribution >= 4 is 0 Å². The van der Waals surface area contributed by atoms with Gasteiger partial charge in [0, 0.05) is 12.0 Å². The Morgan fingerprint density at radius 1 is 0.812 bits per heavy atom. The largest absolute Gasteiger partial charge is 0.203 e. The molecule has 0 spiro atoms. The van der Waals surface area contributed by atoms with E-state index >= 15 is 0 Å². The minimum absolute atomic E-state index is 0.162. The maximum atomic E-state index is 13.1. The van der Waals surface area contributed by atoms with E-state index in [1.165, 1.54) is 0 Å². The Balaban J connectivity index is 3.14. The van der Waals surface area contributed by atoms with Gasteiger partial charge in [-0.15, -0.1) is 12.3 Å². The molecule has 5 heteroatoms. The molecule has 0 atom stereocenters. The van der Waals surface area contributed by atoms with Gasteiger partial charge < -0.3 is 0 Å². The maximum Gasteiger partial charge on any atom is 0.200 e. The third kappa shape index (κ3) is 2.16. The average molecular weight is 234 g/mol. The van der Waals surface area contributed by atoms with Crippen molar-refractivity contribution in [3.05, 3.63) is 34.6 Å². The molecule has 0 aliphatic rings. The topological polar surface area (TPSA) is 0 Å². The van der Waals surface area contributed by atoms with Crippen molar-refractivity contribution in [1.29, 1.82) is 0 Å². The number of unbranched alkanes of at least 4 members (excludes halogenated alkanes) is 1. The van der Waals surface area contributed by atoms with Crippen LogP contribution >= 0.6 is 0 Å². The van der Waals surface area contributed by atoms with Crippen LogP contribution in [0.3, 0.4) is 0 Å². The van der Waals surface area contributed by atoms with Gasteiger partial charge in [-0.2, -0.15) is 0 Å². The van der Waals surface area contributed by atoms with Crippen LogP contribution in [0.2, 0.25) is 0 Å². The van der Waals surface area contributed by atoms with Gasteiger partial charge in [-0.25, -0.2) is 22.0 Å². The quantitative estimate of drug-likeness (QED) is 0.247. The summed E-state index contributed by atoms with van der Waals surface area (Å²) in [5, 5.41) is 0. The summed E-state index contributed by atoms with van der Waals surface area (Å²) in [6, 6.07) is 0. The Kier molecular flexibility index (Phi) is 3.88. The van der Waals surface area contributed by atoms with Crippen molar-refractivity contribution in [2.24, 2.45) is 0 Å². The lowest BCUT2D eigenvalue weighted by Gasteiger charge is -2.06. The van der Waals surface area contributed by atoms with Crippen molar-refractivity contribution in [1.82, 2.24) is 0 Å². The zero-order valence-corrected chi connectivity index (χ0v) is 8.09. The molecule has 0 unspecified atom stereocenters. The van der Waals surface area contributed by atoms with Gasteiger partial charge in [0.25, 0.3) is 0 Å². The number of halogens is 5. The number of rotatable bonds is 3. The second kappa shape index (κ2) is 4.97. The van der Waals surface area contributed by atoms with E-state index in [0.29, 0.717) is 0 Å². The van der Waals surface area contributed by atoms with Crippen LogP contribution in [0.4, 0.5) is 22.0 Å². The Hall–Kier alpha value is -1.57. The first-order valence-corrected chi connectivity index (χ1v) is 4.44. The molecule has 0 saturated heterocycles. The summed E-state index contributed by atoms with van der Waals surface area (Å²) in [5.41, 5.74) is -0.813. The molecule has 0 radical (unpaired) electrons. The Bertz CT molecular complexity index is 416. The van der Waals surface area contributed by atoms with Crippen LogP contribution in [0.5, 0.6) is 0 Å². The zero-order chi connectivity index (χ0) is 12.3. The third-order valence-electron chi connectivity index (χ3n) is 2.05. The summed E-state index contributed by atoms with van der Waals surface area (Å²) in [6.45, 7) is 0. The lowest BCUT2D eigenvalue weighted by molar-refractivity contribution is 0.369. The first kappa shape index (κ1) is 12.5. The van der Waals surface area contributed by atoms with Gasteiger partial charge in [0.15, 0.2) is 23.3 Å². The average Bonchev–Trinajstić information content (AvgIpc) is 2.28. The van der Waals surface area contributed by atoms with E-state index < -0.39 is 34.6 Å². The summed E-state index contributed by atoms with van der Waals surface area (Å²) in [4.78, 5) is 0. The number of hydrogen-bond acceptors (Lipinski definition) is 0. The van der Waals surface area contributed by atoms with Gasteiger partial charge in [0.2, 0.25) is 5.82 Å². The molecule has 0 saturated carbocycles. The number of terminal acetylenes is 1. The Morgan fingerprint density at radius 3 is 1.69 bits per heavy atom. The van der Waals surface area contributed by atoms with Gasteiger partial charge in [0.1, 0.15) is 0 Å². The molecular formula is C11H7F5. The van der Waals surface area contributed by atoms with Crippen LogP contribution in [-0.2, 0) is 6.42 Å². The molecule has 0 N–H and O–H groups in total. The van der Waals surface area contributed by atoms with Crippen LogP contribution in [0.25, 0.3) is 0 Å². The molecule has 16 heavy (non-hydrogen) atoms. The molecule has 0 nitrogen and oxygen atoms in total. The number of benzene rings is 1. The molecule has 0 heterocycles. The smallest absolute Gasteiger partial charge is 0.200 e. The van der Waals surface area contributed by atoms with Crippen LogP contribution in [-0.4, -0.2) is 0 Å². The third-order valence-corrected chi connectivity index (χ3v) is 2.05. The zero-order valence-electron chi connectivity index (χ0n) is 8.09. The molecule has 0 amide bonds. The van der Waals surface area contributed by atoms with Crippen LogP contribution < -0.4 is 0 Å². The minimum Gasteiger partial charge on any atom is -0.203 e. The van der Waals surface area contributed by atoms with Gasteiger partial charge in [0.05, 0.1) is 0 Å². The minimum atomic E-state index is -2.14. The fourth-order valence-electron chi connectivity index (χ4n) is 1.24. The molecule has 1 rings (SSSR count). The van der Waals surface area contributed by atoms with E-state index in [4.69, 9.17) is 6.42 Å². The fourth-order valence-corrected chi connectivity index (χ4v) is 1.24. The highest BCUT2D eigenvalue weighted by Gasteiger charge is 2.24. The lowest BCUT2D eigenvalue weighted by atomic mass is 10.1. The van der Waals surface area contributed by atoms with Crippen LogP contribution in [0.1, 0.15) is 18.4 Å². The van der Waals surface area contributed by atoms with Gasteiger partial charge in [-0.3, -0.25) is 0 Å². The van der Waals surface area contributed by atoms with E-state index in [2.05, 4.69) is 5.92 Å². The molecule has 1 aromatic rings. The molecular weight excluding hydrogens is 227 g/mol. The Morgan fingerprint density at radius 2 is 1.25 bits per heavy atom. The first-order chi connectivity index (χ1) is 7.50. The second-order valence-corrected chi connectivity index (χ2v) is 3.11. The summed E-state index contributed by atoms with van der Waals surface area (Å²) < 4.78 is 64.2. The van der Waals surface area contributed by atoms with Crippen molar-refractivity contribution in [3.63, 3.8) is 0 Å². The second-order valence-electron chi connectivity index (χ2n) is 3.11. The molecule has 1 aromatic carbocycles. The van der Waals surface area contributed by atoms with Gasteiger partial charge >= 0.3 is 0 Å². The van der Waals surface area contributed by atoms with E-state index in [1.807, 2.05) is 0 Å². The highest BCUT2D eigenvalue weighted by molar-refractivity contribution is 5.24. The summed E-state index contributed by atoms with van der Waals surface area (Å²) in [5.74, 6) is -7.34. The monoisotopic (exact) mass is 234 g/mol. The SMILES string of the molecule is C#CCCCc1c(F)c(F)c(F)c(F)c1F. The summed E-state index contributed by atoms with van der Waals surface area (Å²) in [6.07, 6.45) is 4.99. The van der Waals surface area contributed by atoms with E-state index in [1.54, 1.807) is 0 Å². The van der Waals surface area contributed by atoms with Crippen molar-refractivity contribution in [3.8, 4) is 12.3 Å². The van der Waals surface area contributed by atoms with Gasteiger partial charge in [-0.05, 0) is 12.8 Å². The molecule has 0 aliphatic heterocycles. The highest BCUT2D eigenvalue weighted by atomic mass is 19.2. The summed E-state index contributed by atoms with van der Waals surface area (Å²) in [7, 11) is 0. The normalized spacial score (nSPS) is 10.2. The van der Waals surface area contributed by atoms with Crippen molar-refractivity contribution in [2.75, 3.05) is 0 Å². The maximum absolute atomic E-state index is 13.1.